The minimum atomic E-state index is -0.797. The van der Waals surface area contributed by atoms with E-state index in [1.54, 1.807) is 11.6 Å². The minimum Gasteiger partial charge on any atom is -0.497 e. The van der Waals surface area contributed by atoms with Crippen molar-refractivity contribution >= 4 is 34.5 Å². The molecular weight excluding hydrogens is 522 g/mol. The topological polar surface area (TPSA) is 123 Å². The van der Waals surface area contributed by atoms with E-state index >= 15 is 0 Å². The summed E-state index contributed by atoms with van der Waals surface area (Å²) in [5.41, 5.74) is 4.05. The molecule has 5 aromatic rings. The summed E-state index contributed by atoms with van der Waals surface area (Å²) in [6, 6.07) is 22.0. The van der Waals surface area contributed by atoms with Gasteiger partial charge in [-0.3, -0.25) is 4.79 Å². The Labute approximate surface area is 236 Å². The van der Waals surface area contributed by atoms with Crippen LogP contribution in [0.2, 0.25) is 0 Å². The van der Waals surface area contributed by atoms with Gasteiger partial charge in [0, 0.05) is 24.0 Å². The Morgan fingerprint density at radius 2 is 1.88 bits per heavy atom. The van der Waals surface area contributed by atoms with Crippen molar-refractivity contribution in [1.29, 1.82) is 0 Å². The lowest BCUT2D eigenvalue weighted by atomic mass is 10.1. The number of amides is 2. The number of aromatic nitrogens is 4. The van der Waals surface area contributed by atoms with Gasteiger partial charge in [-0.2, -0.15) is 4.52 Å². The van der Waals surface area contributed by atoms with Crippen LogP contribution in [-0.4, -0.2) is 69.3 Å². The zero-order chi connectivity index (χ0) is 28.3. The molecule has 0 bridgehead atoms. The van der Waals surface area contributed by atoms with E-state index in [1.165, 1.54) is 4.90 Å². The molecule has 1 aliphatic heterocycles. The third kappa shape index (κ3) is 5.46. The second-order valence-corrected chi connectivity index (χ2v) is 9.83. The molecule has 0 unspecified atom stereocenters. The molecule has 41 heavy (non-hydrogen) atoms. The molecule has 2 amide bonds. The molecule has 0 aliphatic carbocycles. The van der Waals surface area contributed by atoms with E-state index in [0.29, 0.717) is 36.0 Å². The zero-order valence-corrected chi connectivity index (χ0v) is 22.7. The number of nitrogens with zero attached hydrogens (tertiary/aromatic N) is 5. The van der Waals surface area contributed by atoms with Gasteiger partial charge in [-0.15, -0.1) is 5.10 Å². The van der Waals surface area contributed by atoms with Gasteiger partial charge in [0.2, 0.25) is 11.9 Å². The fraction of sp³-hybridized carbons (Fsp3) is 0.233. The Morgan fingerprint density at radius 3 is 2.66 bits per heavy atom. The largest absolute Gasteiger partial charge is 0.497 e. The fourth-order valence-corrected chi connectivity index (χ4v) is 4.75. The lowest BCUT2D eigenvalue weighted by Crippen LogP contribution is -2.44. The number of methoxy groups -OCH3 is 1. The monoisotopic (exact) mass is 551 g/mol. The van der Waals surface area contributed by atoms with Crippen molar-refractivity contribution < 1.29 is 19.1 Å². The maximum atomic E-state index is 13.1. The summed E-state index contributed by atoms with van der Waals surface area (Å²) in [5, 5.41) is 11.7. The molecule has 2 aromatic heterocycles. The Morgan fingerprint density at radius 1 is 1.07 bits per heavy atom. The first kappa shape index (κ1) is 26.1. The molecule has 11 heteroatoms. The number of hydrogen-bond acceptors (Lipinski definition) is 8. The van der Waals surface area contributed by atoms with E-state index in [0.717, 1.165) is 27.8 Å². The SMILES string of the molecule is COc1ccc(-c2nc3c4cc(C)ccc4nc(N[C@@H]4CN(C(=O)OCc5ccccc5)CCNC4=O)n3n2)cc1. The second kappa shape index (κ2) is 11.1. The quantitative estimate of drug-likeness (QED) is 0.327. The van der Waals surface area contributed by atoms with Crippen LogP contribution in [0.1, 0.15) is 11.1 Å². The highest BCUT2D eigenvalue weighted by molar-refractivity contribution is 5.94. The lowest BCUT2D eigenvalue weighted by Gasteiger charge is -2.23. The van der Waals surface area contributed by atoms with Crippen molar-refractivity contribution in [3.8, 4) is 17.1 Å². The van der Waals surface area contributed by atoms with Gasteiger partial charge in [0.05, 0.1) is 19.2 Å². The number of hydrogen-bond donors (Lipinski definition) is 2. The van der Waals surface area contributed by atoms with Crippen molar-refractivity contribution in [2.75, 3.05) is 32.1 Å². The van der Waals surface area contributed by atoms with Crippen molar-refractivity contribution in [2.45, 2.75) is 19.6 Å². The molecule has 208 valence electrons. The van der Waals surface area contributed by atoms with Crippen molar-refractivity contribution in [3.63, 3.8) is 0 Å². The molecule has 0 radical (unpaired) electrons. The Hall–Kier alpha value is -5.19. The molecule has 3 heterocycles. The average Bonchev–Trinajstić information content (AvgIpc) is 3.37. The first-order valence-electron chi connectivity index (χ1n) is 13.3. The van der Waals surface area contributed by atoms with Crippen LogP contribution in [0.15, 0.2) is 72.8 Å². The molecule has 3 aromatic carbocycles. The number of nitrogens with one attached hydrogen (secondary N) is 2. The molecule has 11 nitrogen and oxygen atoms in total. The number of carbonyl (C=O) groups is 2. The molecule has 6 rings (SSSR count). The number of rotatable bonds is 6. The lowest BCUT2D eigenvalue weighted by molar-refractivity contribution is -0.121. The number of ether oxygens (including phenoxy) is 2. The third-order valence-electron chi connectivity index (χ3n) is 6.94. The zero-order valence-electron chi connectivity index (χ0n) is 22.7. The van der Waals surface area contributed by atoms with Crippen molar-refractivity contribution in [2.24, 2.45) is 0 Å². The Bertz CT molecular complexity index is 1720. The van der Waals surface area contributed by atoms with Crippen LogP contribution in [-0.2, 0) is 16.1 Å². The van der Waals surface area contributed by atoms with E-state index < -0.39 is 12.1 Å². The highest BCUT2D eigenvalue weighted by atomic mass is 16.6. The van der Waals surface area contributed by atoms with Gasteiger partial charge in [-0.25, -0.2) is 14.8 Å². The summed E-state index contributed by atoms with van der Waals surface area (Å²) in [6.07, 6.45) is -0.494. The van der Waals surface area contributed by atoms with Crippen LogP contribution in [0.5, 0.6) is 5.75 Å². The summed E-state index contributed by atoms with van der Waals surface area (Å²) < 4.78 is 12.4. The van der Waals surface area contributed by atoms with Gasteiger partial charge in [0.15, 0.2) is 11.5 Å². The normalized spacial score (nSPS) is 15.4. The summed E-state index contributed by atoms with van der Waals surface area (Å²) >= 11 is 0. The van der Waals surface area contributed by atoms with Gasteiger partial charge in [0.25, 0.3) is 0 Å². The number of anilines is 1. The molecule has 2 N–H and O–H groups in total. The first-order chi connectivity index (χ1) is 20.0. The number of aryl methyl sites for hydroxylation is 1. The van der Waals surface area contributed by atoms with Crippen LogP contribution < -0.4 is 15.4 Å². The van der Waals surface area contributed by atoms with Gasteiger partial charge < -0.3 is 25.0 Å². The number of carbonyl (C=O) groups excluding carboxylic acids is 2. The predicted molar refractivity (Wildman–Crippen MR) is 154 cm³/mol. The highest BCUT2D eigenvalue weighted by Gasteiger charge is 2.30. The van der Waals surface area contributed by atoms with Gasteiger partial charge in [-0.05, 0) is 48.9 Å². The molecule has 1 fully saturated rings. The summed E-state index contributed by atoms with van der Waals surface area (Å²) in [5.74, 6) is 1.32. The maximum absolute atomic E-state index is 13.1. The molecule has 1 aliphatic rings. The second-order valence-electron chi connectivity index (χ2n) is 9.83. The Kier molecular flexibility index (Phi) is 7.07. The van der Waals surface area contributed by atoms with Gasteiger partial charge in [-0.1, -0.05) is 42.0 Å². The highest BCUT2D eigenvalue weighted by Crippen LogP contribution is 2.26. The predicted octanol–water partition coefficient (Wildman–Crippen LogP) is 3.81. The van der Waals surface area contributed by atoms with Gasteiger partial charge in [0.1, 0.15) is 18.4 Å². The smallest absolute Gasteiger partial charge is 0.410 e. The van der Waals surface area contributed by atoms with Crippen LogP contribution >= 0.6 is 0 Å². The average molecular weight is 552 g/mol. The van der Waals surface area contributed by atoms with E-state index in [2.05, 4.69) is 10.6 Å². The molecule has 0 spiro atoms. The van der Waals surface area contributed by atoms with E-state index in [-0.39, 0.29) is 19.1 Å². The summed E-state index contributed by atoms with van der Waals surface area (Å²) in [7, 11) is 1.62. The van der Waals surface area contributed by atoms with E-state index in [1.807, 2.05) is 79.7 Å². The number of fused-ring (bicyclic) bond motifs is 3. The van der Waals surface area contributed by atoms with E-state index in [4.69, 9.17) is 24.5 Å². The van der Waals surface area contributed by atoms with Crippen LogP contribution in [0.3, 0.4) is 0 Å². The molecule has 0 saturated carbocycles. The maximum Gasteiger partial charge on any atom is 0.410 e. The Balaban J connectivity index is 1.32. The fourth-order valence-electron chi connectivity index (χ4n) is 4.75. The molecule has 1 saturated heterocycles. The van der Waals surface area contributed by atoms with Crippen LogP contribution in [0.4, 0.5) is 10.7 Å². The minimum absolute atomic E-state index is 0.0919. The van der Waals surface area contributed by atoms with Crippen molar-refractivity contribution in [1.82, 2.24) is 29.8 Å². The van der Waals surface area contributed by atoms with Crippen LogP contribution in [0, 0.1) is 6.92 Å². The van der Waals surface area contributed by atoms with E-state index in [9.17, 15) is 9.59 Å². The number of benzene rings is 3. The summed E-state index contributed by atoms with van der Waals surface area (Å²) in [4.78, 5) is 37.2. The molecular formula is C30H29N7O4. The third-order valence-corrected chi connectivity index (χ3v) is 6.94. The summed E-state index contributed by atoms with van der Waals surface area (Å²) in [6.45, 7) is 2.87. The van der Waals surface area contributed by atoms with Gasteiger partial charge >= 0.3 is 6.09 Å². The van der Waals surface area contributed by atoms with Crippen LogP contribution in [0.25, 0.3) is 27.9 Å². The standard InChI is InChI=1S/C30H29N7O4/c1-19-8-13-24-23(16-19)27-34-26(21-9-11-22(40-2)12-10-21)35-37(27)29(32-24)33-25-17-36(15-14-31-28(25)38)30(39)41-18-20-6-4-3-5-7-20/h3-13,16,25H,14-15,17-18H2,1-2H3,(H,31,38)(H,32,33)/t25-/m1/s1. The molecule has 1 atom stereocenters. The van der Waals surface area contributed by atoms with Crippen molar-refractivity contribution in [3.05, 3.63) is 83.9 Å². The first-order valence-corrected chi connectivity index (χ1v) is 13.3.